The highest BCUT2D eigenvalue weighted by Gasteiger charge is 2.59. The molecule has 3 saturated carbocycles. The van der Waals surface area contributed by atoms with Gasteiger partial charge in [0.1, 0.15) is 11.9 Å². The molecule has 3 heteroatoms. The van der Waals surface area contributed by atoms with Crippen LogP contribution in [-0.4, -0.2) is 17.9 Å². The average Bonchev–Trinajstić information content (AvgIpc) is 2.99. The SMILES string of the molecule is CCCC(=O)OC1CCC2(C)C(=CCC3C2CCC2(C)C(C(C)=O)CCC32)C1. The van der Waals surface area contributed by atoms with E-state index in [1.807, 2.05) is 13.8 Å². The molecule has 0 N–H and O–H groups in total. The third-order valence-corrected chi connectivity index (χ3v) is 9.30. The third-order valence-electron chi connectivity index (χ3n) is 9.30. The van der Waals surface area contributed by atoms with Gasteiger partial charge in [0.15, 0.2) is 0 Å². The Morgan fingerprint density at radius 2 is 1.89 bits per heavy atom. The number of rotatable bonds is 4. The maximum atomic E-state index is 12.3. The van der Waals surface area contributed by atoms with Crippen molar-refractivity contribution in [1.29, 1.82) is 0 Å². The Hall–Kier alpha value is -1.12. The molecule has 0 aromatic rings. The molecule has 4 aliphatic rings. The summed E-state index contributed by atoms with van der Waals surface area (Å²) in [5.74, 6) is 2.84. The van der Waals surface area contributed by atoms with E-state index in [1.165, 1.54) is 19.3 Å². The van der Waals surface area contributed by atoms with Crippen LogP contribution in [0.3, 0.4) is 0 Å². The summed E-state index contributed by atoms with van der Waals surface area (Å²) in [7, 11) is 0. The Labute approximate surface area is 170 Å². The Bertz CT molecular complexity index is 679. The highest BCUT2D eigenvalue weighted by molar-refractivity contribution is 5.79. The van der Waals surface area contributed by atoms with Crippen molar-refractivity contribution in [2.45, 2.75) is 98.0 Å². The summed E-state index contributed by atoms with van der Waals surface area (Å²) in [6, 6.07) is 0. The fourth-order valence-electron chi connectivity index (χ4n) is 7.84. The van der Waals surface area contributed by atoms with Gasteiger partial charge in [0, 0.05) is 18.8 Å². The summed E-state index contributed by atoms with van der Waals surface area (Å²) in [5.41, 5.74) is 2.05. The maximum Gasteiger partial charge on any atom is 0.306 e. The van der Waals surface area contributed by atoms with Gasteiger partial charge in [-0.25, -0.2) is 0 Å². The van der Waals surface area contributed by atoms with Gasteiger partial charge in [-0.3, -0.25) is 9.59 Å². The van der Waals surface area contributed by atoms with Crippen molar-refractivity contribution in [3.63, 3.8) is 0 Å². The van der Waals surface area contributed by atoms with Crippen molar-refractivity contribution in [3.05, 3.63) is 11.6 Å². The van der Waals surface area contributed by atoms with Crippen LogP contribution < -0.4 is 0 Å². The Balaban J connectivity index is 1.52. The first-order valence-electron chi connectivity index (χ1n) is 11.7. The van der Waals surface area contributed by atoms with Gasteiger partial charge in [-0.2, -0.15) is 0 Å². The number of ketones is 1. The molecule has 0 aromatic carbocycles. The number of fused-ring (bicyclic) bond motifs is 5. The van der Waals surface area contributed by atoms with Gasteiger partial charge in [0.05, 0.1) is 0 Å². The van der Waals surface area contributed by atoms with Gasteiger partial charge in [0.2, 0.25) is 0 Å². The van der Waals surface area contributed by atoms with Crippen LogP contribution in [0.15, 0.2) is 11.6 Å². The maximum absolute atomic E-state index is 12.3. The van der Waals surface area contributed by atoms with E-state index in [1.54, 1.807) is 5.57 Å². The van der Waals surface area contributed by atoms with Crippen LogP contribution in [0, 0.1) is 34.5 Å². The van der Waals surface area contributed by atoms with Gasteiger partial charge < -0.3 is 4.74 Å². The summed E-state index contributed by atoms with van der Waals surface area (Å²) in [4.78, 5) is 24.2. The van der Waals surface area contributed by atoms with Gasteiger partial charge in [-0.1, -0.05) is 32.4 Å². The second-order valence-electron chi connectivity index (χ2n) is 10.6. The van der Waals surface area contributed by atoms with Crippen LogP contribution in [0.25, 0.3) is 0 Å². The summed E-state index contributed by atoms with van der Waals surface area (Å²) < 4.78 is 5.77. The molecule has 0 heterocycles. The fraction of sp³-hybridized carbons (Fsp3) is 0.840. The van der Waals surface area contributed by atoms with Crippen molar-refractivity contribution in [2.75, 3.05) is 0 Å². The van der Waals surface area contributed by atoms with Gasteiger partial charge >= 0.3 is 5.97 Å². The number of hydrogen-bond acceptors (Lipinski definition) is 3. The molecule has 0 radical (unpaired) electrons. The molecule has 4 aliphatic carbocycles. The van der Waals surface area contributed by atoms with Crippen LogP contribution in [-0.2, 0) is 14.3 Å². The Morgan fingerprint density at radius 1 is 1.11 bits per heavy atom. The lowest BCUT2D eigenvalue weighted by atomic mass is 9.47. The van der Waals surface area contributed by atoms with Crippen LogP contribution in [0.1, 0.15) is 91.9 Å². The minimum absolute atomic E-state index is 0.0277. The molecule has 28 heavy (non-hydrogen) atoms. The Morgan fingerprint density at radius 3 is 2.61 bits per heavy atom. The summed E-state index contributed by atoms with van der Waals surface area (Å²) in [6.07, 6.45) is 13.0. The number of allylic oxidation sites excluding steroid dienone is 1. The fourth-order valence-corrected chi connectivity index (χ4v) is 7.84. The van der Waals surface area contributed by atoms with Crippen molar-refractivity contribution in [2.24, 2.45) is 34.5 Å². The van der Waals surface area contributed by atoms with Crippen molar-refractivity contribution in [3.8, 4) is 0 Å². The summed E-state index contributed by atoms with van der Waals surface area (Å²) in [6.45, 7) is 8.74. The number of Topliss-reactive ketones (excluding diaryl/α,β-unsaturated/α-hetero) is 1. The van der Waals surface area contributed by atoms with E-state index < -0.39 is 0 Å². The molecule has 7 unspecified atom stereocenters. The molecule has 0 bridgehead atoms. The zero-order valence-corrected chi connectivity index (χ0v) is 18.3. The first-order valence-corrected chi connectivity index (χ1v) is 11.7. The second kappa shape index (κ2) is 7.29. The molecule has 4 rings (SSSR count). The van der Waals surface area contributed by atoms with Crippen LogP contribution >= 0.6 is 0 Å². The first-order chi connectivity index (χ1) is 13.3. The normalized spacial score (nSPS) is 44.7. The Kier molecular flexibility index (Phi) is 5.25. The van der Waals surface area contributed by atoms with Crippen molar-refractivity contribution in [1.82, 2.24) is 0 Å². The predicted octanol–water partition coefficient (Wildman–Crippen LogP) is 5.87. The monoisotopic (exact) mass is 386 g/mol. The zero-order valence-electron chi connectivity index (χ0n) is 18.3. The second-order valence-corrected chi connectivity index (χ2v) is 10.6. The molecule has 3 fully saturated rings. The molecular formula is C25H38O3. The number of carbonyl (C=O) groups is 2. The number of hydrogen-bond donors (Lipinski definition) is 0. The molecule has 0 aromatic heterocycles. The molecule has 0 saturated heterocycles. The topological polar surface area (TPSA) is 43.4 Å². The van der Waals surface area contributed by atoms with Crippen LogP contribution in [0.5, 0.6) is 0 Å². The van der Waals surface area contributed by atoms with Crippen molar-refractivity contribution < 1.29 is 14.3 Å². The highest BCUT2D eigenvalue weighted by atomic mass is 16.5. The van der Waals surface area contributed by atoms with Gasteiger partial charge in [0.25, 0.3) is 0 Å². The number of esters is 1. The smallest absolute Gasteiger partial charge is 0.306 e. The van der Waals surface area contributed by atoms with E-state index in [0.717, 1.165) is 50.4 Å². The summed E-state index contributed by atoms with van der Waals surface area (Å²) >= 11 is 0. The average molecular weight is 387 g/mol. The minimum Gasteiger partial charge on any atom is -0.462 e. The molecule has 0 amide bonds. The standard InChI is InChI=1S/C25H38O3/c1-5-6-23(27)28-18-11-13-24(3)17(15-18)7-8-19-21-10-9-20(16(2)26)25(21,4)14-12-22(19)24/h7,18-22H,5-6,8-15H2,1-4H3. The van der Waals surface area contributed by atoms with Gasteiger partial charge in [-0.05, 0) is 86.9 Å². The number of ether oxygens (including phenoxy) is 1. The predicted molar refractivity (Wildman–Crippen MR) is 111 cm³/mol. The lowest BCUT2D eigenvalue weighted by Crippen LogP contribution is -2.51. The van der Waals surface area contributed by atoms with E-state index in [4.69, 9.17) is 4.74 Å². The molecule has 0 spiro atoms. The largest absolute Gasteiger partial charge is 0.462 e. The van der Waals surface area contributed by atoms with Crippen LogP contribution in [0.2, 0.25) is 0 Å². The van der Waals surface area contributed by atoms with E-state index in [9.17, 15) is 9.59 Å². The minimum atomic E-state index is -0.0277. The molecular weight excluding hydrogens is 348 g/mol. The first kappa shape index (κ1) is 20.2. The highest BCUT2D eigenvalue weighted by Crippen LogP contribution is 2.66. The quantitative estimate of drug-likeness (QED) is 0.448. The van der Waals surface area contributed by atoms with Gasteiger partial charge in [-0.15, -0.1) is 0 Å². The lowest BCUT2D eigenvalue weighted by Gasteiger charge is -2.58. The zero-order chi connectivity index (χ0) is 20.1. The summed E-state index contributed by atoms with van der Waals surface area (Å²) in [5, 5.41) is 0. The van der Waals surface area contributed by atoms with E-state index in [-0.39, 0.29) is 28.8 Å². The molecule has 0 aliphatic heterocycles. The molecule has 156 valence electrons. The molecule has 7 atom stereocenters. The molecule has 3 nitrogen and oxygen atoms in total. The lowest BCUT2D eigenvalue weighted by molar-refractivity contribution is -0.151. The van der Waals surface area contributed by atoms with E-state index >= 15 is 0 Å². The third kappa shape index (κ3) is 3.08. The van der Waals surface area contributed by atoms with E-state index in [2.05, 4.69) is 19.9 Å². The number of carbonyl (C=O) groups excluding carboxylic acids is 2. The van der Waals surface area contributed by atoms with Crippen LogP contribution in [0.4, 0.5) is 0 Å². The van der Waals surface area contributed by atoms with Crippen molar-refractivity contribution >= 4 is 11.8 Å². The van der Waals surface area contributed by atoms with E-state index in [0.29, 0.717) is 18.1 Å².